The molecule has 3 aromatic rings. The van der Waals surface area contributed by atoms with Crippen LogP contribution in [0.3, 0.4) is 0 Å². The lowest BCUT2D eigenvalue weighted by atomic mass is 10.1. The number of benzene rings is 1. The predicted octanol–water partition coefficient (Wildman–Crippen LogP) is 3.58. The van der Waals surface area contributed by atoms with Crippen molar-refractivity contribution in [2.24, 2.45) is 0 Å². The molecule has 0 radical (unpaired) electrons. The lowest BCUT2D eigenvalue weighted by Crippen LogP contribution is -2.48. The van der Waals surface area contributed by atoms with E-state index in [1.807, 2.05) is 19.9 Å². The molecule has 2 aromatic heterocycles. The number of hydrogen-bond donors (Lipinski definition) is 0. The lowest BCUT2D eigenvalue weighted by Gasteiger charge is -2.35. The van der Waals surface area contributed by atoms with Gasteiger partial charge in [0.25, 0.3) is 15.9 Å². The quantitative estimate of drug-likeness (QED) is 0.611. The normalized spacial score (nSPS) is 15.8. The van der Waals surface area contributed by atoms with E-state index in [-0.39, 0.29) is 16.9 Å². The molecule has 8 nitrogen and oxygen atoms in total. The van der Waals surface area contributed by atoms with E-state index in [0.717, 1.165) is 5.69 Å². The largest absolute Gasteiger partial charge is 0.451 e. The topological polar surface area (TPSA) is 92.7 Å². The minimum absolute atomic E-state index is 0.0923. The Morgan fingerprint density at radius 1 is 1.07 bits per heavy atom. The Kier molecular flexibility index (Phi) is 5.42. The van der Waals surface area contributed by atoms with Crippen LogP contribution in [0.2, 0.25) is 0 Å². The van der Waals surface area contributed by atoms with Crippen LogP contribution < -0.4 is 4.90 Å². The number of aryl methyl sites for hydroxylation is 1. The molecule has 0 amide bonds. The summed E-state index contributed by atoms with van der Waals surface area (Å²) in [6, 6.07) is 7.65. The highest BCUT2D eigenvalue weighted by atomic mass is 32.2. The molecule has 0 saturated carbocycles. The van der Waals surface area contributed by atoms with Gasteiger partial charge in [0, 0.05) is 43.9 Å². The van der Waals surface area contributed by atoms with E-state index in [0.29, 0.717) is 37.6 Å². The summed E-state index contributed by atoms with van der Waals surface area (Å²) in [4.78, 5) is 2.23. The Labute approximate surface area is 176 Å². The fraction of sp³-hybridized carbons (Fsp3) is 0.429. The van der Waals surface area contributed by atoms with Gasteiger partial charge in [-0.25, -0.2) is 8.42 Å². The number of hydrogen-bond acceptors (Lipinski definition) is 7. The van der Waals surface area contributed by atoms with Gasteiger partial charge in [-0.05, 0) is 31.0 Å². The van der Waals surface area contributed by atoms with Gasteiger partial charge < -0.3 is 13.7 Å². The summed E-state index contributed by atoms with van der Waals surface area (Å²) in [6.07, 6.45) is 1.34. The minimum atomic E-state index is -3.73. The van der Waals surface area contributed by atoms with E-state index in [2.05, 4.69) is 41.1 Å². The molecule has 1 fully saturated rings. The van der Waals surface area contributed by atoms with Gasteiger partial charge in [0.2, 0.25) is 11.0 Å². The van der Waals surface area contributed by atoms with Gasteiger partial charge in [0.15, 0.2) is 0 Å². The zero-order valence-electron chi connectivity index (χ0n) is 17.6. The first-order valence-corrected chi connectivity index (χ1v) is 11.4. The summed E-state index contributed by atoms with van der Waals surface area (Å²) in [6.45, 7) is 10.1. The average molecular weight is 431 g/mol. The molecular weight excluding hydrogens is 404 g/mol. The molecule has 1 aromatic carbocycles. The molecule has 9 heteroatoms. The first kappa shape index (κ1) is 20.6. The van der Waals surface area contributed by atoms with Crippen LogP contribution in [0, 0.1) is 13.8 Å². The Hall–Kier alpha value is -2.65. The van der Waals surface area contributed by atoms with E-state index in [4.69, 9.17) is 8.83 Å². The molecule has 1 aliphatic heterocycles. The molecule has 1 saturated heterocycles. The number of nitrogens with zero attached hydrogens (tertiary/aromatic N) is 4. The van der Waals surface area contributed by atoms with Crippen LogP contribution in [0.1, 0.15) is 36.8 Å². The second-order valence-corrected chi connectivity index (χ2v) is 9.73. The molecule has 0 aliphatic carbocycles. The van der Waals surface area contributed by atoms with Gasteiger partial charge in [-0.2, -0.15) is 4.31 Å². The van der Waals surface area contributed by atoms with Gasteiger partial charge >= 0.3 is 0 Å². The zero-order chi connectivity index (χ0) is 21.5. The second kappa shape index (κ2) is 7.88. The first-order valence-electron chi connectivity index (χ1n) is 10.0. The van der Waals surface area contributed by atoms with E-state index in [1.54, 1.807) is 0 Å². The Bertz CT molecular complexity index is 1140. The zero-order valence-corrected chi connectivity index (χ0v) is 18.4. The van der Waals surface area contributed by atoms with Crippen molar-refractivity contribution in [3.8, 4) is 11.5 Å². The number of anilines is 1. The highest BCUT2D eigenvalue weighted by Crippen LogP contribution is 2.29. The molecule has 30 heavy (non-hydrogen) atoms. The Morgan fingerprint density at radius 2 is 1.80 bits per heavy atom. The number of aromatic nitrogens is 2. The summed E-state index contributed by atoms with van der Waals surface area (Å²) >= 11 is 0. The SMILES string of the molecule is Cc1cccc(N2CCN(S(=O)(=O)c3cc(-c4nnc(C(C)C)o4)co3)CC2)c1C. The van der Waals surface area contributed by atoms with Gasteiger partial charge in [0.1, 0.15) is 6.26 Å². The van der Waals surface area contributed by atoms with Crippen molar-refractivity contribution >= 4 is 15.7 Å². The number of furan rings is 1. The lowest BCUT2D eigenvalue weighted by molar-refractivity contribution is 0.361. The smallest absolute Gasteiger partial charge is 0.276 e. The van der Waals surface area contributed by atoms with Gasteiger partial charge in [-0.1, -0.05) is 26.0 Å². The summed E-state index contributed by atoms with van der Waals surface area (Å²) in [5, 5.41) is 7.85. The van der Waals surface area contributed by atoms with E-state index < -0.39 is 10.0 Å². The molecule has 4 rings (SSSR count). The second-order valence-electron chi connectivity index (χ2n) is 7.86. The molecule has 0 atom stereocenters. The average Bonchev–Trinajstić information content (AvgIpc) is 3.40. The fourth-order valence-corrected chi connectivity index (χ4v) is 4.87. The van der Waals surface area contributed by atoms with Crippen molar-refractivity contribution in [1.82, 2.24) is 14.5 Å². The number of sulfonamides is 1. The van der Waals surface area contributed by atoms with Crippen molar-refractivity contribution in [1.29, 1.82) is 0 Å². The van der Waals surface area contributed by atoms with Crippen LogP contribution in [0.5, 0.6) is 0 Å². The van der Waals surface area contributed by atoms with Crippen LogP contribution in [0.25, 0.3) is 11.5 Å². The summed E-state index contributed by atoms with van der Waals surface area (Å²) < 4.78 is 38.5. The monoisotopic (exact) mass is 430 g/mol. The van der Waals surface area contributed by atoms with Gasteiger partial charge in [0.05, 0.1) is 5.56 Å². The molecule has 0 spiro atoms. The van der Waals surface area contributed by atoms with Crippen LogP contribution in [0.4, 0.5) is 5.69 Å². The fourth-order valence-electron chi connectivity index (χ4n) is 3.52. The molecule has 0 bridgehead atoms. The van der Waals surface area contributed by atoms with Crippen molar-refractivity contribution in [2.75, 3.05) is 31.1 Å². The first-order chi connectivity index (χ1) is 14.3. The van der Waals surface area contributed by atoms with E-state index >= 15 is 0 Å². The van der Waals surface area contributed by atoms with Crippen LogP contribution in [-0.2, 0) is 10.0 Å². The third-order valence-electron chi connectivity index (χ3n) is 5.51. The van der Waals surface area contributed by atoms with Crippen LogP contribution in [0.15, 0.2) is 44.5 Å². The van der Waals surface area contributed by atoms with Crippen molar-refractivity contribution in [3.05, 3.63) is 47.5 Å². The maximum Gasteiger partial charge on any atom is 0.276 e. The third-order valence-corrected chi connectivity index (χ3v) is 7.27. The summed E-state index contributed by atoms with van der Waals surface area (Å²) in [5.41, 5.74) is 4.07. The Morgan fingerprint density at radius 3 is 2.47 bits per heavy atom. The van der Waals surface area contributed by atoms with Gasteiger partial charge in [-0.3, -0.25) is 0 Å². The molecule has 3 heterocycles. The van der Waals surface area contributed by atoms with Gasteiger partial charge in [-0.15, -0.1) is 10.2 Å². The van der Waals surface area contributed by atoms with Crippen LogP contribution >= 0.6 is 0 Å². The van der Waals surface area contributed by atoms with E-state index in [9.17, 15) is 8.42 Å². The Balaban J connectivity index is 1.48. The third kappa shape index (κ3) is 3.75. The molecular formula is C21H26N4O4S. The summed E-state index contributed by atoms with van der Waals surface area (Å²) in [5.74, 6) is 0.844. The number of rotatable bonds is 5. The maximum atomic E-state index is 13.1. The minimum Gasteiger partial charge on any atom is -0.451 e. The van der Waals surface area contributed by atoms with Crippen molar-refractivity contribution < 1.29 is 17.3 Å². The highest BCUT2D eigenvalue weighted by Gasteiger charge is 2.32. The highest BCUT2D eigenvalue weighted by molar-refractivity contribution is 7.89. The molecule has 160 valence electrons. The molecule has 0 N–H and O–H groups in total. The molecule has 1 aliphatic rings. The summed E-state index contributed by atoms with van der Waals surface area (Å²) in [7, 11) is -3.73. The van der Waals surface area contributed by atoms with Crippen LogP contribution in [-0.4, -0.2) is 49.1 Å². The standard InChI is InChI=1S/C21H26N4O4S/c1-14(2)20-22-23-21(29-20)17-12-19(28-13-17)30(26,27)25-10-8-24(9-11-25)18-7-5-6-15(3)16(18)4/h5-7,12-14H,8-11H2,1-4H3. The van der Waals surface area contributed by atoms with Crippen molar-refractivity contribution in [2.45, 2.75) is 38.7 Å². The van der Waals surface area contributed by atoms with Crippen molar-refractivity contribution in [3.63, 3.8) is 0 Å². The predicted molar refractivity (Wildman–Crippen MR) is 113 cm³/mol. The molecule has 0 unspecified atom stereocenters. The number of piperazine rings is 1. The maximum absolute atomic E-state index is 13.1. The van der Waals surface area contributed by atoms with E-state index in [1.165, 1.54) is 27.8 Å².